The standard InChI is InChI=1S/C31H32F4N4O5/c1-30(2,31(33,34)35)27-17-28(38-44-27)37-29(40)15-20-5-4-19(13-23(20)32)22-12-21-14-25(41-3)26(16-24(21)36-18-22)43-11-8-39-6-9-42-10-7-39/h4-5,12-14,16-18H,6-11,15H2,1-3H3,(H,37,38,40). The Hall–Kier alpha value is -4.23. The SMILES string of the molecule is COc1cc2cc(-c3ccc(CC(=O)Nc4cc(C(C)(C)C(F)(F)F)on4)c(F)c3)cnc2cc1OCCN1CCOCC1. The summed E-state index contributed by atoms with van der Waals surface area (Å²) in [5.74, 6) is -0.810. The molecular weight excluding hydrogens is 584 g/mol. The van der Waals surface area contributed by atoms with Crippen LogP contribution in [0.2, 0.25) is 0 Å². The molecule has 0 aliphatic carbocycles. The highest BCUT2D eigenvalue weighted by Gasteiger charge is 2.51. The monoisotopic (exact) mass is 616 g/mol. The minimum absolute atomic E-state index is 0.0971. The molecule has 1 saturated heterocycles. The van der Waals surface area contributed by atoms with Gasteiger partial charge in [0.1, 0.15) is 17.8 Å². The molecule has 1 fully saturated rings. The molecular formula is C31H32F4N4O5. The van der Waals surface area contributed by atoms with Gasteiger partial charge in [0, 0.05) is 48.9 Å². The van der Waals surface area contributed by atoms with Gasteiger partial charge in [-0.15, -0.1) is 0 Å². The molecule has 1 aliphatic rings. The van der Waals surface area contributed by atoms with Gasteiger partial charge in [0.25, 0.3) is 0 Å². The highest BCUT2D eigenvalue weighted by atomic mass is 19.4. The van der Waals surface area contributed by atoms with Crippen molar-refractivity contribution in [2.75, 3.05) is 51.9 Å². The number of amides is 1. The van der Waals surface area contributed by atoms with Crippen molar-refractivity contribution >= 4 is 22.6 Å². The van der Waals surface area contributed by atoms with Crippen molar-refractivity contribution in [2.24, 2.45) is 0 Å². The molecule has 1 aliphatic heterocycles. The van der Waals surface area contributed by atoms with E-state index in [9.17, 15) is 18.0 Å². The van der Waals surface area contributed by atoms with Crippen molar-refractivity contribution in [3.05, 3.63) is 65.8 Å². The third-order valence-corrected chi connectivity index (χ3v) is 7.58. The minimum Gasteiger partial charge on any atom is -0.493 e. The average molecular weight is 617 g/mol. The molecule has 1 N–H and O–H groups in total. The summed E-state index contributed by atoms with van der Waals surface area (Å²) in [6.07, 6.45) is -3.32. The number of benzene rings is 2. The van der Waals surface area contributed by atoms with E-state index in [0.717, 1.165) is 44.9 Å². The maximum absolute atomic E-state index is 15.1. The number of nitrogens with one attached hydrogen (secondary N) is 1. The number of hydrogen-bond donors (Lipinski definition) is 1. The van der Waals surface area contributed by atoms with Crippen LogP contribution in [-0.2, 0) is 21.4 Å². The molecule has 0 atom stereocenters. The normalized spacial score (nSPS) is 14.5. The van der Waals surface area contributed by atoms with Crippen LogP contribution in [0.3, 0.4) is 0 Å². The van der Waals surface area contributed by atoms with E-state index in [1.54, 1.807) is 19.4 Å². The largest absolute Gasteiger partial charge is 0.493 e. The van der Waals surface area contributed by atoms with Crippen LogP contribution in [0.15, 0.2) is 53.2 Å². The topological polar surface area (TPSA) is 99.0 Å². The lowest BCUT2D eigenvalue weighted by Gasteiger charge is -2.26. The van der Waals surface area contributed by atoms with Crippen molar-refractivity contribution in [3.8, 4) is 22.6 Å². The van der Waals surface area contributed by atoms with E-state index in [-0.39, 0.29) is 17.8 Å². The molecule has 44 heavy (non-hydrogen) atoms. The summed E-state index contributed by atoms with van der Waals surface area (Å²) in [6, 6.07) is 10.9. The quantitative estimate of drug-likeness (QED) is 0.224. The summed E-state index contributed by atoms with van der Waals surface area (Å²) in [4.78, 5) is 19.3. The van der Waals surface area contributed by atoms with Crippen LogP contribution < -0.4 is 14.8 Å². The maximum atomic E-state index is 15.1. The van der Waals surface area contributed by atoms with Crippen LogP contribution >= 0.6 is 0 Å². The Kier molecular flexibility index (Phi) is 9.07. The van der Waals surface area contributed by atoms with Crippen LogP contribution in [0.1, 0.15) is 25.2 Å². The number of methoxy groups -OCH3 is 1. The zero-order valence-corrected chi connectivity index (χ0v) is 24.5. The lowest BCUT2D eigenvalue weighted by atomic mass is 9.89. The van der Waals surface area contributed by atoms with Gasteiger partial charge in [-0.3, -0.25) is 14.7 Å². The number of aromatic nitrogens is 2. The first-order chi connectivity index (χ1) is 20.9. The zero-order valence-electron chi connectivity index (χ0n) is 24.5. The van der Waals surface area contributed by atoms with Gasteiger partial charge in [-0.2, -0.15) is 13.2 Å². The predicted molar refractivity (Wildman–Crippen MR) is 154 cm³/mol. The first-order valence-electron chi connectivity index (χ1n) is 14.0. The third kappa shape index (κ3) is 6.94. The van der Waals surface area contributed by atoms with Gasteiger partial charge in [0.2, 0.25) is 5.91 Å². The van der Waals surface area contributed by atoms with Crippen molar-refractivity contribution in [2.45, 2.75) is 31.9 Å². The Labute approximate surface area is 251 Å². The van der Waals surface area contributed by atoms with Crippen LogP contribution in [0.25, 0.3) is 22.0 Å². The number of alkyl halides is 3. The number of rotatable bonds is 10. The van der Waals surface area contributed by atoms with Crippen LogP contribution in [-0.4, -0.2) is 73.7 Å². The van der Waals surface area contributed by atoms with E-state index in [1.807, 2.05) is 18.2 Å². The number of halogens is 4. The molecule has 0 bridgehead atoms. The first kappa shape index (κ1) is 31.2. The Bertz CT molecular complexity index is 1630. The number of nitrogens with zero attached hydrogens (tertiary/aromatic N) is 3. The van der Waals surface area contributed by atoms with E-state index in [4.69, 9.17) is 18.7 Å². The second-order valence-electron chi connectivity index (χ2n) is 11.0. The molecule has 9 nitrogen and oxygen atoms in total. The highest BCUT2D eigenvalue weighted by Crippen LogP contribution is 2.41. The minimum atomic E-state index is -4.58. The number of ether oxygens (including phenoxy) is 3. The average Bonchev–Trinajstić information content (AvgIpc) is 3.46. The molecule has 4 aromatic rings. The number of anilines is 1. The molecule has 1 amide bonds. The molecule has 0 radical (unpaired) electrons. The highest BCUT2D eigenvalue weighted by molar-refractivity contribution is 5.91. The summed E-state index contributed by atoms with van der Waals surface area (Å²) in [5, 5.41) is 6.62. The van der Waals surface area contributed by atoms with Gasteiger partial charge in [0.15, 0.2) is 23.1 Å². The third-order valence-electron chi connectivity index (χ3n) is 7.58. The van der Waals surface area contributed by atoms with Crippen molar-refractivity contribution in [1.82, 2.24) is 15.0 Å². The molecule has 2 aromatic carbocycles. The smallest absolute Gasteiger partial charge is 0.401 e. The van der Waals surface area contributed by atoms with Gasteiger partial charge in [-0.05, 0) is 43.2 Å². The van der Waals surface area contributed by atoms with E-state index < -0.39 is 29.1 Å². The molecule has 2 aromatic heterocycles. The van der Waals surface area contributed by atoms with E-state index in [0.29, 0.717) is 48.0 Å². The summed E-state index contributed by atoms with van der Waals surface area (Å²) < 4.78 is 76.6. The zero-order chi connectivity index (χ0) is 31.5. The second kappa shape index (κ2) is 12.8. The van der Waals surface area contributed by atoms with Gasteiger partial charge < -0.3 is 24.1 Å². The van der Waals surface area contributed by atoms with Crippen molar-refractivity contribution in [1.29, 1.82) is 0 Å². The Morgan fingerprint density at radius 2 is 1.82 bits per heavy atom. The number of morpholine rings is 1. The predicted octanol–water partition coefficient (Wildman–Crippen LogP) is 5.77. The van der Waals surface area contributed by atoms with Crippen LogP contribution in [0, 0.1) is 5.82 Å². The molecule has 3 heterocycles. The maximum Gasteiger partial charge on any atom is 0.401 e. The molecule has 0 saturated carbocycles. The fraction of sp³-hybridized carbons (Fsp3) is 0.387. The van der Waals surface area contributed by atoms with Crippen molar-refractivity contribution in [3.63, 3.8) is 0 Å². The summed E-state index contributed by atoms with van der Waals surface area (Å²) in [6.45, 7) is 6.31. The van der Waals surface area contributed by atoms with E-state index >= 15 is 4.39 Å². The summed E-state index contributed by atoms with van der Waals surface area (Å²) in [7, 11) is 1.56. The molecule has 0 unspecified atom stereocenters. The fourth-order valence-corrected chi connectivity index (χ4v) is 4.67. The Morgan fingerprint density at radius 3 is 2.52 bits per heavy atom. The van der Waals surface area contributed by atoms with Crippen LogP contribution in [0.4, 0.5) is 23.4 Å². The van der Waals surface area contributed by atoms with Gasteiger partial charge >= 0.3 is 6.18 Å². The molecule has 0 spiro atoms. The number of carbonyl (C=O) groups is 1. The molecule has 234 valence electrons. The fourth-order valence-electron chi connectivity index (χ4n) is 4.67. The van der Waals surface area contributed by atoms with Gasteiger partial charge in [-0.25, -0.2) is 4.39 Å². The Balaban J connectivity index is 1.25. The lowest BCUT2D eigenvalue weighted by molar-refractivity contribution is -0.185. The number of pyridine rings is 1. The summed E-state index contributed by atoms with van der Waals surface area (Å²) in [5.41, 5.74) is -0.328. The number of fused-ring (bicyclic) bond motifs is 1. The summed E-state index contributed by atoms with van der Waals surface area (Å²) >= 11 is 0. The first-order valence-corrected chi connectivity index (χ1v) is 14.0. The molecule has 13 heteroatoms. The number of hydrogen-bond acceptors (Lipinski definition) is 8. The van der Waals surface area contributed by atoms with Crippen molar-refractivity contribution < 1.29 is 41.1 Å². The molecule has 5 rings (SSSR count). The second-order valence-corrected chi connectivity index (χ2v) is 11.0. The number of carbonyl (C=O) groups excluding carboxylic acids is 1. The van der Waals surface area contributed by atoms with E-state index in [1.165, 1.54) is 12.1 Å². The Morgan fingerprint density at radius 1 is 1.05 bits per heavy atom. The van der Waals surface area contributed by atoms with E-state index in [2.05, 4.69) is 20.4 Å². The van der Waals surface area contributed by atoms with Crippen LogP contribution in [0.5, 0.6) is 11.5 Å². The lowest BCUT2D eigenvalue weighted by Crippen LogP contribution is -2.38. The van der Waals surface area contributed by atoms with Gasteiger partial charge in [0.05, 0.1) is 32.3 Å². The van der Waals surface area contributed by atoms with Gasteiger partial charge in [-0.1, -0.05) is 17.3 Å².